The number of imidazole rings is 1. The molecule has 4 rings (SSSR count). The van der Waals surface area contributed by atoms with Crippen LogP contribution in [0.2, 0.25) is 0 Å². The van der Waals surface area contributed by atoms with E-state index < -0.39 is 0 Å². The van der Waals surface area contributed by atoms with Crippen LogP contribution in [0.5, 0.6) is 0 Å². The first kappa shape index (κ1) is 17.7. The number of ether oxygens (including phenoxy) is 1. The maximum atomic E-state index is 12.6. The minimum Gasteiger partial charge on any atom is -0.383 e. The Morgan fingerprint density at radius 3 is 2.70 bits per heavy atom. The van der Waals surface area contributed by atoms with E-state index in [-0.39, 0.29) is 24.5 Å². The Morgan fingerprint density at radius 2 is 1.96 bits per heavy atom. The van der Waals surface area contributed by atoms with Crippen LogP contribution in [0.3, 0.4) is 0 Å². The molecule has 0 spiro atoms. The van der Waals surface area contributed by atoms with E-state index in [0.717, 1.165) is 42.9 Å². The Balaban J connectivity index is 1.43. The van der Waals surface area contributed by atoms with Crippen LogP contribution in [0.25, 0.3) is 11.2 Å². The van der Waals surface area contributed by atoms with Crippen molar-refractivity contribution in [2.24, 2.45) is 7.05 Å². The van der Waals surface area contributed by atoms with Crippen molar-refractivity contribution < 1.29 is 14.3 Å². The predicted octanol–water partition coefficient (Wildman–Crippen LogP) is 0.243. The number of amides is 3. The Hall–Kier alpha value is -2.75. The highest BCUT2D eigenvalue weighted by molar-refractivity contribution is 6.02. The molecule has 4 heterocycles. The van der Waals surface area contributed by atoms with Gasteiger partial charge in [0.2, 0.25) is 5.91 Å². The molecule has 144 valence electrons. The van der Waals surface area contributed by atoms with Gasteiger partial charge in [0.15, 0.2) is 17.0 Å². The van der Waals surface area contributed by atoms with Gasteiger partial charge in [-0.3, -0.25) is 9.69 Å². The molecule has 0 saturated carbocycles. The molecule has 2 aliphatic heterocycles. The Morgan fingerprint density at radius 1 is 1.19 bits per heavy atom. The molecule has 2 aromatic heterocycles. The third-order valence-electron chi connectivity index (χ3n) is 5.28. The fourth-order valence-electron chi connectivity index (χ4n) is 3.80. The minimum absolute atomic E-state index is 0.0614. The summed E-state index contributed by atoms with van der Waals surface area (Å²) in [5, 5.41) is 0. The number of hydrogen-bond acceptors (Lipinski definition) is 7. The second kappa shape index (κ2) is 7.10. The van der Waals surface area contributed by atoms with Crippen LogP contribution in [-0.2, 0) is 16.6 Å². The Labute approximate surface area is 156 Å². The van der Waals surface area contributed by atoms with Gasteiger partial charge in [-0.25, -0.2) is 19.7 Å². The van der Waals surface area contributed by atoms with Crippen molar-refractivity contribution in [2.45, 2.75) is 18.9 Å². The lowest BCUT2D eigenvalue weighted by Crippen LogP contribution is -2.47. The second-order valence-corrected chi connectivity index (χ2v) is 6.89. The number of carbonyl (C=O) groups excluding carboxylic acids is 2. The number of nitrogens with zero attached hydrogens (tertiary/aromatic N) is 7. The second-order valence-electron chi connectivity index (χ2n) is 6.89. The number of rotatable bonds is 5. The number of fused-ring (bicyclic) bond motifs is 1. The first-order valence-corrected chi connectivity index (χ1v) is 9.07. The molecule has 0 bridgehead atoms. The lowest BCUT2D eigenvalue weighted by Gasteiger charge is -2.36. The summed E-state index contributed by atoms with van der Waals surface area (Å²) in [6, 6.07) is -0.143. The number of aromatic nitrogens is 4. The van der Waals surface area contributed by atoms with Crippen LogP contribution >= 0.6 is 0 Å². The number of urea groups is 1. The zero-order valence-electron chi connectivity index (χ0n) is 15.5. The number of methoxy groups -OCH3 is 1. The van der Waals surface area contributed by atoms with Gasteiger partial charge < -0.3 is 19.1 Å². The Bertz CT molecular complexity index is 859. The van der Waals surface area contributed by atoms with Gasteiger partial charge in [-0.1, -0.05) is 0 Å². The van der Waals surface area contributed by atoms with Crippen LogP contribution in [0, 0.1) is 0 Å². The fraction of sp³-hybridized carbons (Fsp3) is 0.588. The first-order valence-electron chi connectivity index (χ1n) is 9.07. The molecule has 0 N–H and O–H groups in total. The molecule has 0 aromatic carbocycles. The van der Waals surface area contributed by atoms with E-state index >= 15 is 0 Å². The molecule has 0 radical (unpaired) electrons. The van der Waals surface area contributed by atoms with E-state index in [1.807, 2.05) is 11.6 Å². The van der Waals surface area contributed by atoms with E-state index in [2.05, 4.69) is 19.9 Å². The van der Waals surface area contributed by atoms with Gasteiger partial charge in [0.1, 0.15) is 12.9 Å². The van der Waals surface area contributed by atoms with E-state index in [1.54, 1.807) is 24.7 Å². The van der Waals surface area contributed by atoms with Crippen molar-refractivity contribution in [3.63, 3.8) is 0 Å². The molecular weight excluding hydrogens is 350 g/mol. The van der Waals surface area contributed by atoms with Gasteiger partial charge in [0, 0.05) is 33.3 Å². The van der Waals surface area contributed by atoms with Crippen LogP contribution in [-0.4, -0.2) is 87.2 Å². The number of hydrogen-bond donors (Lipinski definition) is 0. The summed E-state index contributed by atoms with van der Waals surface area (Å²) in [7, 11) is 3.47. The lowest BCUT2D eigenvalue weighted by molar-refractivity contribution is -0.125. The summed E-state index contributed by atoms with van der Waals surface area (Å²) in [6.07, 6.45) is 4.87. The molecule has 0 aliphatic carbocycles. The molecule has 0 unspecified atom stereocenters. The molecule has 0 atom stereocenters. The SMILES string of the molecule is COCCN1C(=O)CN(C2CCN(c3ncnc4c3ncn4C)CC2)C1=O. The van der Waals surface area contributed by atoms with Crippen LogP contribution in [0.4, 0.5) is 10.6 Å². The molecular formula is C17H23N7O3. The first-order chi connectivity index (χ1) is 13.1. The number of anilines is 1. The van der Waals surface area contributed by atoms with Crippen LogP contribution in [0.1, 0.15) is 12.8 Å². The maximum Gasteiger partial charge on any atom is 0.327 e. The van der Waals surface area contributed by atoms with Gasteiger partial charge in [-0.05, 0) is 12.8 Å². The quantitative estimate of drug-likeness (QED) is 0.693. The molecule has 2 aromatic rings. The highest BCUT2D eigenvalue weighted by Gasteiger charge is 2.40. The zero-order valence-corrected chi connectivity index (χ0v) is 15.5. The van der Waals surface area contributed by atoms with E-state index in [4.69, 9.17) is 4.74 Å². The summed E-state index contributed by atoms with van der Waals surface area (Å²) < 4.78 is 6.86. The molecule has 2 fully saturated rings. The smallest absolute Gasteiger partial charge is 0.327 e. The van der Waals surface area contributed by atoms with Crippen LogP contribution in [0.15, 0.2) is 12.7 Å². The highest BCUT2D eigenvalue weighted by Crippen LogP contribution is 2.27. The van der Waals surface area contributed by atoms with Crippen molar-refractivity contribution in [2.75, 3.05) is 44.8 Å². The molecule has 10 nitrogen and oxygen atoms in total. The van der Waals surface area contributed by atoms with Gasteiger partial charge in [0.25, 0.3) is 0 Å². The number of piperidine rings is 1. The van der Waals surface area contributed by atoms with Gasteiger partial charge in [-0.15, -0.1) is 0 Å². The Kier molecular flexibility index (Phi) is 4.65. The predicted molar refractivity (Wildman–Crippen MR) is 97.2 cm³/mol. The zero-order chi connectivity index (χ0) is 19.0. The van der Waals surface area contributed by atoms with Crippen molar-refractivity contribution >= 4 is 28.9 Å². The summed E-state index contributed by atoms with van der Waals surface area (Å²) in [6.45, 7) is 2.33. The third-order valence-corrected chi connectivity index (χ3v) is 5.28. The molecule has 2 saturated heterocycles. The van der Waals surface area contributed by atoms with Gasteiger partial charge in [-0.2, -0.15) is 0 Å². The monoisotopic (exact) mass is 373 g/mol. The topological polar surface area (TPSA) is 96.7 Å². The normalized spacial score (nSPS) is 19.0. The van der Waals surface area contributed by atoms with Crippen molar-refractivity contribution in [3.8, 4) is 0 Å². The number of imide groups is 1. The summed E-state index contributed by atoms with van der Waals surface area (Å²) in [4.78, 5) is 43.0. The maximum absolute atomic E-state index is 12.6. The minimum atomic E-state index is -0.204. The molecule has 3 amide bonds. The molecule has 10 heteroatoms. The number of carbonyl (C=O) groups is 2. The van der Waals surface area contributed by atoms with Crippen LogP contribution < -0.4 is 4.90 Å². The lowest BCUT2D eigenvalue weighted by atomic mass is 10.0. The van der Waals surface area contributed by atoms with Gasteiger partial charge in [0.05, 0.1) is 19.5 Å². The standard InChI is InChI=1S/C17H23N7O3/c1-21-11-20-14-15(21)18-10-19-16(14)22-5-3-12(4-6-22)24-9-13(25)23(17(24)26)7-8-27-2/h10-12H,3-9H2,1-2H3. The van der Waals surface area contributed by atoms with Crippen molar-refractivity contribution in [3.05, 3.63) is 12.7 Å². The fourth-order valence-corrected chi connectivity index (χ4v) is 3.80. The summed E-state index contributed by atoms with van der Waals surface area (Å²) in [5.41, 5.74) is 1.59. The summed E-state index contributed by atoms with van der Waals surface area (Å²) in [5.74, 6) is 0.676. The largest absolute Gasteiger partial charge is 0.383 e. The molecule has 2 aliphatic rings. The highest BCUT2D eigenvalue weighted by atomic mass is 16.5. The van der Waals surface area contributed by atoms with E-state index in [0.29, 0.717) is 13.2 Å². The van der Waals surface area contributed by atoms with Crippen molar-refractivity contribution in [1.82, 2.24) is 29.3 Å². The third kappa shape index (κ3) is 3.09. The molecule has 27 heavy (non-hydrogen) atoms. The van der Waals surface area contributed by atoms with E-state index in [1.165, 1.54) is 4.90 Å². The average molecular weight is 373 g/mol. The van der Waals surface area contributed by atoms with E-state index in [9.17, 15) is 9.59 Å². The van der Waals surface area contributed by atoms with Gasteiger partial charge >= 0.3 is 6.03 Å². The number of aryl methyl sites for hydroxylation is 1. The average Bonchev–Trinajstić information content (AvgIpc) is 3.20. The summed E-state index contributed by atoms with van der Waals surface area (Å²) >= 11 is 0. The van der Waals surface area contributed by atoms with Crippen molar-refractivity contribution in [1.29, 1.82) is 0 Å².